The van der Waals surface area contributed by atoms with Crippen LogP contribution in [0.3, 0.4) is 0 Å². The molecule has 0 aliphatic carbocycles. The molecule has 2 unspecified atom stereocenters. The molecule has 3 amide bonds. The summed E-state index contributed by atoms with van der Waals surface area (Å²) in [5, 5.41) is 15.0. The molecule has 0 aromatic heterocycles. The van der Waals surface area contributed by atoms with Crippen LogP contribution in [0.1, 0.15) is 43.0 Å². The van der Waals surface area contributed by atoms with Gasteiger partial charge in [-0.05, 0) is 44.1 Å². The minimum Gasteiger partial charge on any atom is -0.506 e. The van der Waals surface area contributed by atoms with Crippen molar-refractivity contribution in [3.8, 4) is 5.75 Å². The van der Waals surface area contributed by atoms with E-state index in [1.807, 2.05) is 31.2 Å². The maximum Gasteiger partial charge on any atom is 0.258 e. The predicted molar refractivity (Wildman–Crippen MR) is 118 cm³/mol. The number of hydrogen-bond acceptors (Lipinski definition) is 4. The Morgan fingerprint density at radius 2 is 1.84 bits per heavy atom. The molecule has 2 N–H and O–H groups in total. The van der Waals surface area contributed by atoms with Crippen molar-refractivity contribution in [3.63, 3.8) is 0 Å². The Morgan fingerprint density at radius 3 is 2.65 bits per heavy atom. The Labute approximate surface area is 182 Å². The molecule has 0 radical (unpaired) electrons. The number of phenols is 1. The highest BCUT2D eigenvalue weighted by Gasteiger charge is 2.39. The second kappa shape index (κ2) is 8.96. The maximum atomic E-state index is 13.3. The lowest BCUT2D eigenvalue weighted by atomic mass is 9.96. The molecule has 2 atom stereocenters. The molecule has 4 rings (SSSR count). The van der Waals surface area contributed by atoms with Crippen molar-refractivity contribution >= 4 is 28.5 Å². The molecule has 2 heterocycles. The molecule has 2 saturated heterocycles. The summed E-state index contributed by atoms with van der Waals surface area (Å²) in [6.45, 7) is 3.94. The monoisotopic (exact) mass is 423 g/mol. The van der Waals surface area contributed by atoms with Crippen molar-refractivity contribution in [1.29, 1.82) is 0 Å². The highest BCUT2D eigenvalue weighted by molar-refractivity contribution is 6.05. The van der Waals surface area contributed by atoms with Crippen molar-refractivity contribution < 1.29 is 19.5 Å². The number of carbonyl (C=O) groups excluding carboxylic acids is 3. The number of nitrogens with zero attached hydrogens (tertiary/aromatic N) is 2. The largest absolute Gasteiger partial charge is 0.506 e. The zero-order valence-electron chi connectivity index (χ0n) is 17.8. The number of fused-ring (bicyclic) bond motifs is 1. The second-order valence-corrected chi connectivity index (χ2v) is 8.36. The summed E-state index contributed by atoms with van der Waals surface area (Å²) in [6, 6.07) is 10.3. The lowest BCUT2D eigenvalue weighted by Gasteiger charge is -2.35. The predicted octanol–water partition coefficient (Wildman–Crippen LogP) is 2.52. The minimum atomic E-state index is -0.550. The minimum absolute atomic E-state index is 0.0135. The van der Waals surface area contributed by atoms with E-state index < -0.39 is 6.04 Å². The van der Waals surface area contributed by atoms with Gasteiger partial charge in [0, 0.05) is 31.6 Å². The zero-order chi connectivity index (χ0) is 22.0. The van der Waals surface area contributed by atoms with Crippen LogP contribution in [-0.4, -0.2) is 64.8 Å². The van der Waals surface area contributed by atoms with Gasteiger partial charge >= 0.3 is 0 Å². The van der Waals surface area contributed by atoms with Crippen LogP contribution in [0.15, 0.2) is 36.4 Å². The van der Waals surface area contributed by atoms with E-state index >= 15 is 0 Å². The van der Waals surface area contributed by atoms with Gasteiger partial charge in [-0.2, -0.15) is 0 Å². The highest BCUT2D eigenvalue weighted by Crippen LogP contribution is 2.32. The fraction of sp³-hybridized carbons (Fsp3) is 0.458. The summed E-state index contributed by atoms with van der Waals surface area (Å²) in [5.74, 6) is -0.680. The molecule has 0 saturated carbocycles. The summed E-state index contributed by atoms with van der Waals surface area (Å²) < 4.78 is 0. The van der Waals surface area contributed by atoms with Crippen LogP contribution in [0.2, 0.25) is 0 Å². The first-order chi connectivity index (χ1) is 15.0. The fourth-order valence-corrected chi connectivity index (χ4v) is 4.77. The quantitative estimate of drug-likeness (QED) is 0.791. The summed E-state index contributed by atoms with van der Waals surface area (Å²) in [7, 11) is 0. The van der Waals surface area contributed by atoms with Crippen LogP contribution in [0.5, 0.6) is 5.75 Å². The van der Waals surface area contributed by atoms with E-state index in [-0.39, 0.29) is 35.0 Å². The average molecular weight is 424 g/mol. The van der Waals surface area contributed by atoms with E-state index in [0.29, 0.717) is 38.0 Å². The summed E-state index contributed by atoms with van der Waals surface area (Å²) in [5.41, 5.74) is 0.220. The van der Waals surface area contributed by atoms with Crippen molar-refractivity contribution in [2.75, 3.05) is 26.2 Å². The molecule has 2 aliphatic heterocycles. The van der Waals surface area contributed by atoms with Gasteiger partial charge < -0.3 is 20.2 Å². The number of rotatable bonds is 4. The van der Waals surface area contributed by atoms with Gasteiger partial charge in [-0.25, -0.2) is 0 Å². The first-order valence-corrected chi connectivity index (χ1v) is 11.1. The van der Waals surface area contributed by atoms with Gasteiger partial charge in [0.15, 0.2) is 0 Å². The molecule has 2 aliphatic rings. The first kappa shape index (κ1) is 21.2. The van der Waals surface area contributed by atoms with Crippen LogP contribution in [0, 0.1) is 5.92 Å². The zero-order valence-corrected chi connectivity index (χ0v) is 17.8. The van der Waals surface area contributed by atoms with Gasteiger partial charge in [0.2, 0.25) is 11.8 Å². The first-order valence-electron chi connectivity index (χ1n) is 11.1. The summed E-state index contributed by atoms with van der Waals surface area (Å²) in [4.78, 5) is 42.2. The Balaban J connectivity index is 1.52. The van der Waals surface area contributed by atoms with Crippen LogP contribution >= 0.6 is 0 Å². The number of hydrogen-bond donors (Lipinski definition) is 2. The van der Waals surface area contributed by atoms with Crippen molar-refractivity contribution in [3.05, 3.63) is 42.0 Å². The Bertz CT molecular complexity index is 1010. The smallest absolute Gasteiger partial charge is 0.258 e. The number of nitrogens with one attached hydrogen (secondary N) is 1. The second-order valence-electron chi connectivity index (χ2n) is 8.36. The molecule has 2 aromatic carbocycles. The van der Waals surface area contributed by atoms with Gasteiger partial charge in [-0.3, -0.25) is 14.4 Å². The van der Waals surface area contributed by atoms with Crippen molar-refractivity contribution in [1.82, 2.24) is 15.1 Å². The molecular weight excluding hydrogens is 394 g/mol. The van der Waals surface area contributed by atoms with E-state index in [4.69, 9.17) is 0 Å². The van der Waals surface area contributed by atoms with Crippen LogP contribution in [-0.2, 0) is 9.59 Å². The molecular formula is C24H29N3O4. The lowest BCUT2D eigenvalue weighted by Crippen LogP contribution is -2.52. The van der Waals surface area contributed by atoms with Gasteiger partial charge in [-0.1, -0.05) is 30.3 Å². The highest BCUT2D eigenvalue weighted by atomic mass is 16.3. The van der Waals surface area contributed by atoms with Crippen LogP contribution in [0.4, 0.5) is 0 Å². The SMILES string of the molecule is CCNC(=O)C1CCCN(C(=O)C2CCCN2C(=O)c2ccc3ccccc3c2O)C1. The van der Waals surface area contributed by atoms with E-state index in [1.54, 1.807) is 21.9 Å². The van der Waals surface area contributed by atoms with Crippen LogP contribution in [0.25, 0.3) is 10.8 Å². The average Bonchev–Trinajstić information content (AvgIpc) is 3.29. The number of amides is 3. The van der Waals surface area contributed by atoms with Gasteiger partial charge in [0.1, 0.15) is 11.8 Å². The molecule has 7 heteroatoms. The number of benzene rings is 2. The third kappa shape index (κ3) is 4.09. The number of phenolic OH excluding ortho intramolecular Hbond substituents is 1. The maximum absolute atomic E-state index is 13.3. The van der Waals surface area contributed by atoms with E-state index in [9.17, 15) is 19.5 Å². The number of piperidine rings is 1. The van der Waals surface area contributed by atoms with Crippen molar-refractivity contribution in [2.45, 2.75) is 38.6 Å². The van der Waals surface area contributed by atoms with Gasteiger partial charge in [0.05, 0.1) is 11.5 Å². The van der Waals surface area contributed by atoms with Crippen molar-refractivity contribution in [2.24, 2.45) is 5.92 Å². The molecule has 2 fully saturated rings. The molecule has 0 bridgehead atoms. The molecule has 0 spiro atoms. The Morgan fingerprint density at radius 1 is 1.06 bits per heavy atom. The number of carbonyl (C=O) groups is 3. The molecule has 31 heavy (non-hydrogen) atoms. The van der Waals surface area contributed by atoms with E-state index in [1.165, 1.54) is 0 Å². The van der Waals surface area contributed by atoms with Gasteiger partial charge in [0.25, 0.3) is 5.91 Å². The van der Waals surface area contributed by atoms with E-state index in [0.717, 1.165) is 24.6 Å². The third-order valence-electron chi connectivity index (χ3n) is 6.38. The Kier molecular flexibility index (Phi) is 6.11. The topological polar surface area (TPSA) is 90.0 Å². The van der Waals surface area contributed by atoms with Gasteiger partial charge in [-0.15, -0.1) is 0 Å². The normalized spacial score (nSPS) is 21.3. The molecule has 164 valence electrons. The lowest BCUT2D eigenvalue weighted by molar-refractivity contribution is -0.139. The van der Waals surface area contributed by atoms with Crippen LogP contribution < -0.4 is 5.32 Å². The summed E-state index contributed by atoms with van der Waals surface area (Å²) in [6.07, 6.45) is 2.89. The Hall–Kier alpha value is -3.09. The number of aromatic hydroxyl groups is 1. The van der Waals surface area contributed by atoms with E-state index in [2.05, 4.69) is 5.32 Å². The molecule has 7 nitrogen and oxygen atoms in total. The third-order valence-corrected chi connectivity index (χ3v) is 6.38. The standard InChI is InChI=1S/C24H29N3O4/c1-2-25-22(29)17-8-5-13-26(15-17)24(31)20-10-6-14-27(20)23(30)19-12-11-16-7-3-4-9-18(16)21(19)28/h3-4,7,9,11-12,17,20,28H,2,5-6,8,10,13-15H2,1H3,(H,25,29). The molecule has 2 aromatic rings. The fourth-order valence-electron chi connectivity index (χ4n) is 4.77. The number of likely N-dealkylation sites (tertiary alicyclic amines) is 2. The summed E-state index contributed by atoms with van der Waals surface area (Å²) >= 11 is 0.